The van der Waals surface area contributed by atoms with Gasteiger partial charge in [0.25, 0.3) is 0 Å². The molecule has 0 radical (unpaired) electrons. The summed E-state index contributed by atoms with van der Waals surface area (Å²) >= 11 is 0. The van der Waals surface area contributed by atoms with Crippen LogP contribution in [0, 0.1) is 11.8 Å². The van der Waals surface area contributed by atoms with E-state index in [4.69, 9.17) is 0 Å². The Balaban J connectivity index is 1.89. The van der Waals surface area contributed by atoms with E-state index in [9.17, 15) is 5.11 Å². The van der Waals surface area contributed by atoms with Crippen LogP contribution in [0.1, 0.15) is 46.0 Å². The highest BCUT2D eigenvalue weighted by atomic mass is 16.3. The summed E-state index contributed by atoms with van der Waals surface area (Å²) in [6.07, 6.45) is 6.58. The Morgan fingerprint density at radius 2 is 2.17 bits per heavy atom. The molecule has 1 fully saturated rings. The van der Waals surface area contributed by atoms with E-state index in [1.54, 1.807) is 6.07 Å². The molecule has 2 unspecified atom stereocenters. The third-order valence-electron chi connectivity index (χ3n) is 3.80. The maximum absolute atomic E-state index is 9.47. The van der Waals surface area contributed by atoms with Crippen molar-refractivity contribution in [1.29, 1.82) is 0 Å². The van der Waals surface area contributed by atoms with Crippen LogP contribution in [-0.4, -0.2) is 11.1 Å². The van der Waals surface area contributed by atoms with Crippen molar-refractivity contribution in [2.75, 3.05) is 5.32 Å². The zero-order valence-electron chi connectivity index (χ0n) is 11.5. The minimum absolute atomic E-state index is 0.342. The van der Waals surface area contributed by atoms with Crippen molar-refractivity contribution in [1.82, 2.24) is 0 Å². The Labute approximate surface area is 110 Å². The summed E-state index contributed by atoms with van der Waals surface area (Å²) in [5.74, 6) is 2.01. The van der Waals surface area contributed by atoms with Gasteiger partial charge in [-0.1, -0.05) is 32.8 Å². The fourth-order valence-electron chi connectivity index (χ4n) is 3.13. The molecule has 2 atom stereocenters. The van der Waals surface area contributed by atoms with E-state index in [0.717, 1.165) is 17.5 Å². The second-order valence-electron chi connectivity index (χ2n) is 6.05. The maximum atomic E-state index is 9.47. The number of hydrogen-bond acceptors (Lipinski definition) is 2. The second kappa shape index (κ2) is 6.12. The number of phenolic OH excluding ortho intramolecular Hbond substituents is 1. The Hall–Kier alpha value is -1.18. The maximum Gasteiger partial charge on any atom is 0.117 e. The van der Waals surface area contributed by atoms with Crippen molar-refractivity contribution in [3.63, 3.8) is 0 Å². The molecule has 1 saturated carbocycles. The molecule has 2 N–H and O–H groups in total. The van der Waals surface area contributed by atoms with Gasteiger partial charge in [0, 0.05) is 17.8 Å². The Morgan fingerprint density at radius 3 is 2.89 bits per heavy atom. The van der Waals surface area contributed by atoms with Crippen LogP contribution in [0.3, 0.4) is 0 Å². The summed E-state index contributed by atoms with van der Waals surface area (Å²) in [7, 11) is 0. The molecule has 0 amide bonds. The van der Waals surface area contributed by atoms with Crippen LogP contribution >= 0.6 is 0 Å². The number of phenols is 1. The number of nitrogens with one attached hydrogen (secondary N) is 1. The highest BCUT2D eigenvalue weighted by Gasteiger charge is 2.22. The Morgan fingerprint density at radius 1 is 1.33 bits per heavy atom. The molecule has 1 aromatic rings. The predicted octanol–water partition coefficient (Wildman–Crippen LogP) is 4.41. The van der Waals surface area contributed by atoms with Crippen LogP contribution < -0.4 is 5.32 Å². The van der Waals surface area contributed by atoms with Gasteiger partial charge in [0.2, 0.25) is 0 Å². The number of anilines is 1. The van der Waals surface area contributed by atoms with Gasteiger partial charge in [-0.15, -0.1) is 0 Å². The summed E-state index contributed by atoms with van der Waals surface area (Å²) in [6, 6.07) is 8.03. The van der Waals surface area contributed by atoms with Gasteiger partial charge in [-0.2, -0.15) is 0 Å². The second-order valence-corrected chi connectivity index (χ2v) is 6.05. The molecule has 100 valence electrons. The fourth-order valence-corrected chi connectivity index (χ4v) is 3.13. The third-order valence-corrected chi connectivity index (χ3v) is 3.80. The largest absolute Gasteiger partial charge is 0.508 e. The molecule has 0 heterocycles. The minimum Gasteiger partial charge on any atom is -0.508 e. The van der Waals surface area contributed by atoms with E-state index in [2.05, 4.69) is 19.2 Å². The number of aromatic hydroxyl groups is 1. The van der Waals surface area contributed by atoms with E-state index in [-0.39, 0.29) is 0 Å². The molecule has 18 heavy (non-hydrogen) atoms. The average molecular weight is 247 g/mol. The lowest BCUT2D eigenvalue weighted by molar-refractivity contribution is 0.289. The van der Waals surface area contributed by atoms with Gasteiger partial charge in [-0.05, 0) is 43.2 Å². The van der Waals surface area contributed by atoms with Crippen LogP contribution in [-0.2, 0) is 0 Å². The van der Waals surface area contributed by atoms with Gasteiger partial charge in [0.1, 0.15) is 5.75 Å². The van der Waals surface area contributed by atoms with Crippen LogP contribution in [0.15, 0.2) is 24.3 Å². The molecule has 1 aliphatic rings. The van der Waals surface area contributed by atoms with Crippen LogP contribution in [0.2, 0.25) is 0 Å². The molecule has 0 spiro atoms. The number of benzene rings is 1. The SMILES string of the molecule is CC(C)CC1CCCC(Nc2cccc(O)c2)C1. The first-order chi connectivity index (χ1) is 8.63. The zero-order valence-corrected chi connectivity index (χ0v) is 11.5. The van der Waals surface area contributed by atoms with E-state index < -0.39 is 0 Å². The topological polar surface area (TPSA) is 32.3 Å². The van der Waals surface area contributed by atoms with Crippen molar-refractivity contribution in [3.8, 4) is 5.75 Å². The standard InChI is InChI=1S/C16H25NO/c1-12(2)9-13-5-3-6-14(10-13)17-15-7-4-8-16(18)11-15/h4,7-8,11-14,17-18H,3,5-6,9-10H2,1-2H3. The lowest BCUT2D eigenvalue weighted by Crippen LogP contribution is -2.27. The minimum atomic E-state index is 0.342. The van der Waals surface area contributed by atoms with Gasteiger partial charge < -0.3 is 10.4 Å². The van der Waals surface area contributed by atoms with Crippen LogP contribution in [0.4, 0.5) is 5.69 Å². The molecule has 0 saturated heterocycles. The highest BCUT2D eigenvalue weighted by molar-refractivity contribution is 5.48. The molecule has 1 aliphatic carbocycles. The first-order valence-electron chi connectivity index (χ1n) is 7.19. The normalized spacial score (nSPS) is 24.2. The van der Waals surface area contributed by atoms with Crippen molar-refractivity contribution >= 4 is 5.69 Å². The van der Waals surface area contributed by atoms with Gasteiger partial charge in [-0.3, -0.25) is 0 Å². The van der Waals surface area contributed by atoms with Crippen molar-refractivity contribution in [2.45, 2.75) is 52.0 Å². The molecule has 0 aliphatic heterocycles. The monoisotopic (exact) mass is 247 g/mol. The van der Waals surface area contributed by atoms with Gasteiger partial charge >= 0.3 is 0 Å². The van der Waals surface area contributed by atoms with Gasteiger partial charge in [-0.25, -0.2) is 0 Å². The number of hydrogen-bond donors (Lipinski definition) is 2. The summed E-state index contributed by atoms with van der Waals surface area (Å²) in [5, 5.41) is 13.0. The summed E-state index contributed by atoms with van der Waals surface area (Å²) in [5.41, 5.74) is 1.05. The third kappa shape index (κ3) is 3.94. The lowest BCUT2D eigenvalue weighted by Gasteiger charge is -2.31. The van der Waals surface area contributed by atoms with E-state index in [1.165, 1.54) is 32.1 Å². The van der Waals surface area contributed by atoms with E-state index in [0.29, 0.717) is 11.8 Å². The van der Waals surface area contributed by atoms with E-state index in [1.807, 2.05) is 18.2 Å². The molecule has 2 nitrogen and oxygen atoms in total. The molecule has 0 bridgehead atoms. The molecular weight excluding hydrogens is 222 g/mol. The molecular formula is C16H25NO. The summed E-state index contributed by atoms with van der Waals surface area (Å²) in [4.78, 5) is 0. The zero-order chi connectivity index (χ0) is 13.0. The average Bonchev–Trinajstić information content (AvgIpc) is 2.28. The van der Waals surface area contributed by atoms with Crippen molar-refractivity contribution in [2.24, 2.45) is 11.8 Å². The van der Waals surface area contributed by atoms with Crippen LogP contribution in [0.25, 0.3) is 0 Å². The number of rotatable bonds is 4. The smallest absolute Gasteiger partial charge is 0.117 e. The predicted molar refractivity (Wildman–Crippen MR) is 76.9 cm³/mol. The van der Waals surface area contributed by atoms with Gasteiger partial charge in [0.05, 0.1) is 0 Å². The van der Waals surface area contributed by atoms with Crippen molar-refractivity contribution < 1.29 is 5.11 Å². The van der Waals surface area contributed by atoms with Crippen molar-refractivity contribution in [3.05, 3.63) is 24.3 Å². The fraction of sp³-hybridized carbons (Fsp3) is 0.625. The molecule has 0 aromatic heterocycles. The highest BCUT2D eigenvalue weighted by Crippen LogP contribution is 2.31. The van der Waals surface area contributed by atoms with Gasteiger partial charge in [0.15, 0.2) is 0 Å². The summed E-state index contributed by atoms with van der Waals surface area (Å²) in [6.45, 7) is 4.62. The van der Waals surface area contributed by atoms with Crippen LogP contribution in [0.5, 0.6) is 5.75 Å². The Bertz CT molecular complexity index is 375. The first kappa shape index (κ1) is 13.3. The summed E-state index contributed by atoms with van der Waals surface area (Å²) < 4.78 is 0. The Kier molecular flexibility index (Phi) is 4.51. The lowest BCUT2D eigenvalue weighted by atomic mass is 9.81. The molecule has 2 heteroatoms. The molecule has 1 aromatic carbocycles. The molecule has 2 rings (SSSR count). The first-order valence-corrected chi connectivity index (χ1v) is 7.19. The van der Waals surface area contributed by atoms with E-state index >= 15 is 0 Å². The quantitative estimate of drug-likeness (QED) is 0.826.